The van der Waals surface area contributed by atoms with E-state index in [2.05, 4.69) is 12.3 Å². The van der Waals surface area contributed by atoms with Crippen molar-refractivity contribution < 1.29 is 9.53 Å². The van der Waals surface area contributed by atoms with Crippen molar-refractivity contribution in [1.82, 2.24) is 4.90 Å². The van der Waals surface area contributed by atoms with Gasteiger partial charge in [0.1, 0.15) is 0 Å². The Morgan fingerprint density at radius 1 is 1.60 bits per heavy atom. The predicted molar refractivity (Wildman–Crippen MR) is 87.0 cm³/mol. The smallest absolute Gasteiger partial charge is 0.246 e. The third-order valence-corrected chi connectivity index (χ3v) is 4.11. The lowest BCUT2D eigenvalue weighted by Crippen LogP contribution is -2.31. The number of carbonyl (C=O) groups is 1. The summed E-state index contributed by atoms with van der Waals surface area (Å²) in [6.07, 6.45) is 12.6. The van der Waals surface area contributed by atoms with Crippen LogP contribution in [-0.2, 0) is 9.53 Å². The number of hydrogen-bond donors (Lipinski definition) is 0. The number of allylic oxidation sites excluding steroid dienone is 3. The average Bonchev–Trinajstić information content (AvgIpc) is 2.47. The lowest BCUT2D eigenvalue weighted by Gasteiger charge is -2.25. The van der Waals surface area contributed by atoms with E-state index < -0.39 is 0 Å². The molecule has 0 aromatic carbocycles. The zero-order valence-electron chi connectivity index (χ0n) is 12.9. The largest absolute Gasteiger partial charge is 0.374 e. The summed E-state index contributed by atoms with van der Waals surface area (Å²) in [5.74, 6) is 1.05. The summed E-state index contributed by atoms with van der Waals surface area (Å²) in [7, 11) is 1.72. The van der Waals surface area contributed by atoms with Gasteiger partial charge < -0.3 is 9.64 Å². The van der Waals surface area contributed by atoms with Crippen molar-refractivity contribution in [3.63, 3.8) is 0 Å². The first-order chi connectivity index (χ1) is 9.54. The molecule has 1 rings (SSSR count). The number of hydrogen-bond acceptors (Lipinski definition) is 3. The minimum atomic E-state index is -0.213. The molecular formula is C16H25NO2S. The quantitative estimate of drug-likeness (QED) is 0.676. The molecule has 0 aromatic rings. The van der Waals surface area contributed by atoms with Crippen LogP contribution >= 0.6 is 11.8 Å². The standard InChI is InChI=1S/C16H25NO2S/c1-5-17(12-13-20-4)15(18)7-6-14-8-10-16(2,19-3)11-9-14/h6-10H,5,11-13H2,1-4H3/b7-6+. The highest BCUT2D eigenvalue weighted by atomic mass is 32.2. The second-order valence-electron chi connectivity index (χ2n) is 5.00. The van der Waals surface area contributed by atoms with Gasteiger partial charge in [0.25, 0.3) is 0 Å². The fourth-order valence-corrected chi connectivity index (χ4v) is 2.31. The lowest BCUT2D eigenvalue weighted by atomic mass is 9.93. The van der Waals surface area contributed by atoms with E-state index in [1.807, 2.05) is 37.0 Å². The van der Waals surface area contributed by atoms with Gasteiger partial charge in [-0.25, -0.2) is 0 Å². The summed E-state index contributed by atoms with van der Waals surface area (Å²) in [6, 6.07) is 0. The molecule has 0 fully saturated rings. The number of ether oxygens (including phenoxy) is 1. The van der Waals surface area contributed by atoms with Crippen molar-refractivity contribution in [2.75, 3.05) is 32.2 Å². The first-order valence-electron chi connectivity index (χ1n) is 6.95. The van der Waals surface area contributed by atoms with Crippen LogP contribution in [0.4, 0.5) is 0 Å². The Morgan fingerprint density at radius 3 is 2.85 bits per heavy atom. The van der Waals surface area contributed by atoms with E-state index in [0.717, 1.165) is 30.8 Å². The Hall–Kier alpha value is -1.00. The molecular weight excluding hydrogens is 270 g/mol. The Bertz CT molecular complexity index is 415. The van der Waals surface area contributed by atoms with Gasteiger partial charge in [-0.1, -0.05) is 18.2 Å². The number of methoxy groups -OCH3 is 1. The predicted octanol–water partition coefficient (Wildman–Crippen LogP) is 3.05. The van der Waals surface area contributed by atoms with Crippen molar-refractivity contribution in [3.05, 3.63) is 36.0 Å². The number of thioether (sulfide) groups is 1. The van der Waals surface area contributed by atoms with Crippen LogP contribution in [0.5, 0.6) is 0 Å². The molecule has 0 bridgehead atoms. The average molecular weight is 295 g/mol. The topological polar surface area (TPSA) is 29.5 Å². The zero-order valence-corrected chi connectivity index (χ0v) is 13.7. The molecule has 1 atom stereocenters. The van der Waals surface area contributed by atoms with Gasteiger partial charge in [0.05, 0.1) is 5.60 Å². The van der Waals surface area contributed by atoms with Gasteiger partial charge in [-0.15, -0.1) is 0 Å². The van der Waals surface area contributed by atoms with E-state index in [-0.39, 0.29) is 11.5 Å². The molecule has 0 N–H and O–H groups in total. The van der Waals surface area contributed by atoms with Crippen LogP contribution in [0.25, 0.3) is 0 Å². The first-order valence-corrected chi connectivity index (χ1v) is 8.34. The SMILES string of the molecule is CCN(CCSC)C(=O)/C=C/C1=CCC(C)(OC)C=C1. The van der Waals surface area contributed by atoms with E-state index in [1.54, 1.807) is 24.9 Å². The van der Waals surface area contributed by atoms with Crippen LogP contribution < -0.4 is 0 Å². The molecule has 4 heteroatoms. The Balaban J connectivity index is 2.56. The minimum Gasteiger partial charge on any atom is -0.374 e. The summed E-state index contributed by atoms with van der Waals surface area (Å²) in [5.41, 5.74) is 0.851. The van der Waals surface area contributed by atoms with E-state index >= 15 is 0 Å². The molecule has 112 valence electrons. The molecule has 0 spiro atoms. The Morgan fingerprint density at radius 2 is 2.35 bits per heavy atom. The van der Waals surface area contributed by atoms with Crippen molar-refractivity contribution in [1.29, 1.82) is 0 Å². The van der Waals surface area contributed by atoms with Crippen LogP contribution in [0, 0.1) is 0 Å². The number of carbonyl (C=O) groups excluding carboxylic acids is 1. The number of likely N-dealkylation sites (N-methyl/N-ethyl adjacent to an activating group) is 1. The Kier molecular flexibility index (Phi) is 7.10. The van der Waals surface area contributed by atoms with Gasteiger partial charge in [-0.2, -0.15) is 11.8 Å². The molecule has 20 heavy (non-hydrogen) atoms. The zero-order chi connectivity index (χ0) is 15.0. The maximum absolute atomic E-state index is 12.1. The summed E-state index contributed by atoms with van der Waals surface area (Å²) in [5, 5.41) is 0. The van der Waals surface area contributed by atoms with Gasteiger partial charge >= 0.3 is 0 Å². The molecule has 0 heterocycles. The normalized spacial score (nSPS) is 22.1. The molecule has 1 aliphatic rings. The molecule has 3 nitrogen and oxygen atoms in total. The van der Waals surface area contributed by atoms with E-state index in [1.165, 1.54) is 0 Å². The third kappa shape index (κ3) is 5.17. The summed E-state index contributed by atoms with van der Waals surface area (Å²) in [4.78, 5) is 13.9. The summed E-state index contributed by atoms with van der Waals surface area (Å²) >= 11 is 1.76. The van der Waals surface area contributed by atoms with E-state index in [0.29, 0.717) is 0 Å². The van der Waals surface area contributed by atoms with Crippen LogP contribution in [0.3, 0.4) is 0 Å². The van der Waals surface area contributed by atoms with Gasteiger partial charge in [0, 0.05) is 32.0 Å². The molecule has 0 aliphatic heterocycles. The highest BCUT2D eigenvalue weighted by Gasteiger charge is 2.20. The molecule has 0 saturated carbocycles. The van der Waals surface area contributed by atoms with E-state index in [4.69, 9.17) is 4.74 Å². The second-order valence-corrected chi connectivity index (χ2v) is 5.99. The fourth-order valence-electron chi connectivity index (χ4n) is 1.90. The number of nitrogens with zero attached hydrogens (tertiary/aromatic N) is 1. The van der Waals surface area contributed by atoms with Crippen molar-refractivity contribution >= 4 is 17.7 Å². The Labute approximate surface area is 126 Å². The van der Waals surface area contributed by atoms with Gasteiger partial charge in [0.15, 0.2) is 0 Å². The minimum absolute atomic E-state index is 0.0796. The number of rotatable bonds is 7. The van der Waals surface area contributed by atoms with Crippen LogP contribution in [-0.4, -0.2) is 48.6 Å². The van der Waals surface area contributed by atoms with Crippen LogP contribution in [0.15, 0.2) is 36.0 Å². The molecule has 1 aliphatic carbocycles. The first kappa shape index (κ1) is 17.1. The van der Waals surface area contributed by atoms with Crippen molar-refractivity contribution in [2.45, 2.75) is 25.9 Å². The van der Waals surface area contributed by atoms with Gasteiger partial charge in [-0.3, -0.25) is 4.79 Å². The fraction of sp³-hybridized carbons (Fsp3) is 0.562. The third-order valence-electron chi connectivity index (χ3n) is 3.51. The second kappa shape index (κ2) is 8.32. The highest BCUT2D eigenvalue weighted by Crippen LogP contribution is 2.24. The molecule has 0 saturated heterocycles. The molecule has 0 aromatic heterocycles. The van der Waals surface area contributed by atoms with Gasteiger partial charge in [-0.05, 0) is 38.2 Å². The highest BCUT2D eigenvalue weighted by molar-refractivity contribution is 7.98. The summed E-state index contributed by atoms with van der Waals surface area (Å²) < 4.78 is 5.42. The lowest BCUT2D eigenvalue weighted by molar-refractivity contribution is -0.125. The maximum atomic E-state index is 12.1. The summed E-state index contributed by atoms with van der Waals surface area (Å²) in [6.45, 7) is 5.61. The van der Waals surface area contributed by atoms with Crippen LogP contribution in [0.2, 0.25) is 0 Å². The van der Waals surface area contributed by atoms with Crippen molar-refractivity contribution in [3.8, 4) is 0 Å². The monoisotopic (exact) mass is 295 g/mol. The molecule has 1 unspecified atom stereocenters. The number of amides is 1. The van der Waals surface area contributed by atoms with E-state index in [9.17, 15) is 4.79 Å². The van der Waals surface area contributed by atoms with Gasteiger partial charge in [0.2, 0.25) is 5.91 Å². The molecule has 0 radical (unpaired) electrons. The van der Waals surface area contributed by atoms with Crippen LogP contribution in [0.1, 0.15) is 20.3 Å². The maximum Gasteiger partial charge on any atom is 0.246 e. The van der Waals surface area contributed by atoms with Crippen molar-refractivity contribution in [2.24, 2.45) is 0 Å². The molecule has 1 amide bonds.